The standard InChI is InChI=1S/C27H25N3O3S2/c31-27(32)17-19-8-11-21(12-9-19)34-16-4-14-33-25-13-10-20(26-7-3-15-35-26)18-24(25)30-28-22-5-1-2-6-23(22)29-30/h1-3,5-13,15,18,22,28H,4,14,16-17H2,(H,31,32). The number of carboxylic acid groups (broad SMARTS) is 1. The summed E-state index contributed by atoms with van der Waals surface area (Å²) in [7, 11) is 0. The highest BCUT2D eigenvalue weighted by Crippen LogP contribution is 2.36. The van der Waals surface area contributed by atoms with E-state index in [9.17, 15) is 4.79 Å². The van der Waals surface area contributed by atoms with Gasteiger partial charge in [0.1, 0.15) is 11.4 Å². The molecule has 6 nitrogen and oxygen atoms in total. The average Bonchev–Trinajstić information content (AvgIpc) is 3.55. The average molecular weight is 504 g/mol. The molecule has 1 atom stereocenters. The molecule has 3 aromatic rings. The number of rotatable bonds is 10. The van der Waals surface area contributed by atoms with E-state index in [0.717, 1.165) is 45.3 Å². The van der Waals surface area contributed by atoms with Gasteiger partial charge in [-0.2, -0.15) is 15.6 Å². The molecule has 0 spiro atoms. The third-order valence-electron chi connectivity index (χ3n) is 5.56. The number of hydrogen-bond acceptors (Lipinski definition) is 7. The highest BCUT2D eigenvalue weighted by molar-refractivity contribution is 7.99. The lowest BCUT2D eigenvalue weighted by Crippen LogP contribution is -2.37. The summed E-state index contributed by atoms with van der Waals surface area (Å²) < 4.78 is 6.21. The lowest BCUT2D eigenvalue weighted by Gasteiger charge is -2.20. The summed E-state index contributed by atoms with van der Waals surface area (Å²) >= 11 is 3.45. The Morgan fingerprint density at radius 3 is 2.83 bits per heavy atom. The van der Waals surface area contributed by atoms with Gasteiger partial charge in [-0.15, -0.1) is 23.1 Å². The van der Waals surface area contributed by atoms with E-state index in [1.165, 1.54) is 4.88 Å². The number of hydrazine groups is 1. The Labute approximate surface area is 212 Å². The topological polar surface area (TPSA) is 74.2 Å². The Hall–Kier alpha value is -3.33. The van der Waals surface area contributed by atoms with Crippen LogP contribution in [-0.4, -0.2) is 35.2 Å². The highest BCUT2D eigenvalue weighted by Gasteiger charge is 2.26. The van der Waals surface area contributed by atoms with Crippen molar-refractivity contribution in [2.24, 2.45) is 5.10 Å². The van der Waals surface area contributed by atoms with Gasteiger partial charge in [0.2, 0.25) is 0 Å². The molecule has 1 aliphatic heterocycles. The molecule has 2 aromatic carbocycles. The second-order valence-electron chi connectivity index (χ2n) is 8.11. The normalized spacial score (nSPS) is 16.3. The van der Waals surface area contributed by atoms with Crippen LogP contribution in [0.2, 0.25) is 0 Å². The summed E-state index contributed by atoms with van der Waals surface area (Å²) in [5.74, 6) is 0.882. The number of ether oxygens (including phenoxy) is 1. The molecule has 35 heavy (non-hydrogen) atoms. The monoisotopic (exact) mass is 503 g/mol. The van der Waals surface area contributed by atoms with E-state index in [1.807, 2.05) is 53.7 Å². The Morgan fingerprint density at radius 1 is 1.17 bits per heavy atom. The molecule has 0 radical (unpaired) electrons. The molecule has 0 bridgehead atoms. The van der Waals surface area contributed by atoms with Crippen molar-refractivity contribution >= 4 is 40.5 Å². The molecule has 178 valence electrons. The van der Waals surface area contributed by atoms with E-state index in [2.05, 4.69) is 41.1 Å². The number of allylic oxidation sites excluding steroid dienone is 2. The molecule has 1 unspecified atom stereocenters. The van der Waals surface area contributed by atoms with Gasteiger partial charge >= 0.3 is 5.97 Å². The molecule has 2 heterocycles. The first-order chi connectivity index (χ1) is 17.2. The van der Waals surface area contributed by atoms with E-state index >= 15 is 0 Å². The van der Waals surface area contributed by atoms with E-state index < -0.39 is 5.97 Å². The number of anilines is 1. The van der Waals surface area contributed by atoms with Gasteiger partial charge in [0.25, 0.3) is 0 Å². The van der Waals surface area contributed by atoms with Crippen LogP contribution in [0.3, 0.4) is 0 Å². The number of fused-ring (bicyclic) bond motifs is 1. The molecule has 0 saturated carbocycles. The Kier molecular flexibility index (Phi) is 7.32. The summed E-state index contributed by atoms with van der Waals surface area (Å²) in [6.45, 7) is 0.586. The van der Waals surface area contributed by atoms with Crippen molar-refractivity contribution in [1.29, 1.82) is 0 Å². The number of carboxylic acids is 1. The van der Waals surface area contributed by atoms with Gasteiger partial charge in [0.15, 0.2) is 0 Å². The number of thioether (sulfide) groups is 1. The van der Waals surface area contributed by atoms with Crippen molar-refractivity contribution in [1.82, 2.24) is 5.43 Å². The summed E-state index contributed by atoms with van der Waals surface area (Å²) in [5.41, 5.74) is 7.25. The van der Waals surface area contributed by atoms with Crippen LogP contribution in [0.5, 0.6) is 5.75 Å². The number of aliphatic carboxylic acids is 1. The second-order valence-corrected chi connectivity index (χ2v) is 10.2. The summed E-state index contributed by atoms with van der Waals surface area (Å²) in [6.07, 6.45) is 9.07. The van der Waals surface area contributed by atoms with Crippen LogP contribution in [-0.2, 0) is 11.2 Å². The van der Waals surface area contributed by atoms with E-state index in [1.54, 1.807) is 23.1 Å². The first-order valence-electron chi connectivity index (χ1n) is 11.4. The van der Waals surface area contributed by atoms with Crippen molar-refractivity contribution in [3.8, 4) is 16.2 Å². The third kappa shape index (κ3) is 5.85. The number of nitrogens with one attached hydrogen (secondary N) is 1. The molecule has 0 amide bonds. The minimum atomic E-state index is -0.812. The maximum Gasteiger partial charge on any atom is 0.307 e. The van der Waals surface area contributed by atoms with E-state index in [-0.39, 0.29) is 12.5 Å². The number of benzene rings is 2. The van der Waals surface area contributed by atoms with Crippen LogP contribution in [0, 0.1) is 0 Å². The van der Waals surface area contributed by atoms with Crippen LogP contribution < -0.4 is 15.3 Å². The fraction of sp³-hybridized carbons (Fsp3) is 0.185. The summed E-state index contributed by atoms with van der Waals surface area (Å²) in [5, 5.41) is 17.6. The first kappa shape index (κ1) is 23.4. The Morgan fingerprint density at radius 2 is 2.06 bits per heavy atom. The van der Waals surface area contributed by atoms with Gasteiger partial charge in [0, 0.05) is 15.5 Å². The van der Waals surface area contributed by atoms with Gasteiger partial charge in [-0.1, -0.05) is 36.4 Å². The number of carbonyl (C=O) groups is 1. The predicted octanol–water partition coefficient (Wildman–Crippen LogP) is 5.78. The zero-order chi connectivity index (χ0) is 24.0. The molecular weight excluding hydrogens is 478 g/mol. The van der Waals surface area contributed by atoms with Crippen LogP contribution >= 0.6 is 23.1 Å². The maximum absolute atomic E-state index is 10.8. The zero-order valence-corrected chi connectivity index (χ0v) is 20.6. The second kappa shape index (κ2) is 10.9. The largest absolute Gasteiger partial charge is 0.491 e. The SMILES string of the molecule is O=C(O)Cc1ccc(SCCCOc2ccc(-c3cccs3)cc2N2N=C3C=CC=CC3N2)cc1. The minimum absolute atomic E-state index is 0.0527. The van der Waals surface area contributed by atoms with Crippen LogP contribution in [0.1, 0.15) is 12.0 Å². The first-order valence-corrected chi connectivity index (χ1v) is 13.3. The van der Waals surface area contributed by atoms with Crippen molar-refractivity contribution in [3.63, 3.8) is 0 Å². The highest BCUT2D eigenvalue weighted by atomic mass is 32.2. The maximum atomic E-state index is 10.8. The predicted molar refractivity (Wildman–Crippen MR) is 143 cm³/mol. The Balaban J connectivity index is 1.22. The minimum Gasteiger partial charge on any atom is -0.491 e. The van der Waals surface area contributed by atoms with E-state index in [4.69, 9.17) is 14.9 Å². The van der Waals surface area contributed by atoms with Crippen molar-refractivity contribution in [3.05, 3.63) is 89.8 Å². The van der Waals surface area contributed by atoms with Crippen LogP contribution in [0.25, 0.3) is 10.4 Å². The number of hydrazone groups is 1. The molecule has 8 heteroatoms. The summed E-state index contributed by atoms with van der Waals surface area (Å²) in [6, 6.07) is 18.2. The fourth-order valence-corrected chi connectivity index (χ4v) is 5.40. The molecule has 0 fully saturated rings. The lowest BCUT2D eigenvalue weighted by molar-refractivity contribution is -0.136. The van der Waals surface area contributed by atoms with Crippen molar-refractivity contribution < 1.29 is 14.6 Å². The third-order valence-corrected chi connectivity index (χ3v) is 7.58. The summed E-state index contributed by atoms with van der Waals surface area (Å²) in [4.78, 5) is 13.2. The smallest absolute Gasteiger partial charge is 0.307 e. The number of hydrogen-bond donors (Lipinski definition) is 2. The van der Waals surface area contributed by atoms with Gasteiger partial charge in [-0.25, -0.2) is 0 Å². The van der Waals surface area contributed by atoms with Crippen molar-refractivity contribution in [2.45, 2.75) is 23.8 Å². The van der Waals surface area contributed by atoms with E-state index in [0.29, 0.717) is 6.61 Å². The molecule has 0 saturated heterocycles. The van der Waals surface area contributed by atoms with Crippen LogP contribution in [0.4, 0.5) is 5.69 Å². The lowest BCUT2D eigenvalue weighted by atomic mass is 10.1. The number of thiophene rings is 1. The van der Waals surface area contributed by atoms with Crippen LogP contribution in [0.15, 0.2) is 94.3 Å². The zero-order valence-electron chi connectivity index (χ0n) is 19.0. The van der Waals surface area contributed by atoms with Gasteiger partial charge in [-0.3, -0.25) is 4.79 Å². The molecular formula is C27H25N3O3S2. The van der Waals surface area contributed by atoms with Crippen molar-refractivity contribution in [2.75, 3.05) is 17.5 Å². The van der Waals surface area contributed by atoms with Gasteiger partial charge < -0.3 is 9.84 Å². The molecule has 1 aliphatic carbocycles. The Bertz CT molecular complexity index is 1270. The van der Waals surface area contributed by atoms with Gasteiger partial charge in [-0.05, 0) is 65.4 Å². The quantitative estimate of drug-likeness (QED) is 0.270. The number of nitrogens with zero attached hydrogens (tertiary/aromatic N) is 2. The molecule has 2 aliphatic rings. The molecule has 1 aromatic heterocycles. The fourth-order valence-electron chi connectivity index (χ4n) is 3.85. The molecule has 2 N–H and O–H groups in total. The molecule has 5 rings (SSSR count). The van der Waals surface area contributed by atoms with Gasteiger partial charge in [0.05, 0.1) is 24.8 Å².